The van der Waals surface area contributed by atoms with Crippen molar-refractivity contribution in [2.24, 2.45) is 0 Å². The maximum Gasteiger partial charge on any atom is 0.234 e. The first-order valence-corrected chi connectivity index (χ1v) is 10.9. The van der Waals surface area contributed by atoms with Gasteiger partial charge in [0.2, 0.25) is 5.91 Å². The topological polar surface area (TPSA) is 59.8 Å². The minimum Gasteiger partial charge on any atom is -0.324 e. The summed E-state index contributed by atoms with van der Waals surface area (Å²) in [7, 11) is 0. The van der Waals surface area contributed by atoms with E-state index in [0.29, 0.717) is 10.7 Å². The molecule has 1 amide bonds. The quantitative estimate of drug-likeness (QED) is 0.510. The fourth-order valence-electron chi connectivity index (χ4n) is 2.60. The molecular formula is C19H21ClN4OS2. The number of aromatic nitrogens is 3. The molecule has 2 aromatic heterocycles. The summed E-state index contributed by atoms with van der Waals surface area (Å²) < 4.78 is 2.08. The van der Waals surface area contributed by atoms with Crippen LogP contribution in [0, 0.1) is 0 Å². The standard InChI is InChI=1S/C19H21ClN4OS2/c1-4-14-9-13(10-26-14)18-22-23-19(24(18)12(2)3)27-11-17(25)21-16-8-6-5-7-15(16)20/h5-10,12H,4,11H2,1-3H3,(H,21,25). The van der Waals surface area contributed by atoms with Crippen LogP contribution in [0.2, 0.25) is 5.02 Å². The predicted octanol–water partition coefficient (Wildman–Crippen LogP) is 5.53. The number of halogens is 1. The number of aryl methyl sites for hydroxylation is 1. The maximum absolute atomic E-state index is 12.3. The van der Waals surface area contributed by atoms with Crippen LogP contribution in [0.15, 0.2) is 40.9 Å². The van der Waals surface area contributed by atoms with Crippen molar-refractivity contribution in [3.05, 3.63) is 45.6 Å². The first kappa shape index (κ1) is 19.9. The van der Waals surface area contributed by atoms with Crippen molar-refractivity contribution >= 4 is 46.3 Å². The van der Waals surface area contributed by atoms with E-state index in [-0.39, 0.29) is 17.7 Å². The van der Waals surface area contributed by atoms with E-state index in [4.69, 9.17) is 11.6 Å². The Balaban J connectivity index is 1.73. The third-order valence-electron chi connectivity index (χ3n) is 3.92. The number of para-hydroxylation sites is 1. The minimum atomic E-state index is -0.128. The SMILES string of the molecule is CCc1cc(-c2nnc(SCC(=O)Nc3ccccc3Cl)n2C(C)C)cs1. The van der Waals surface area contributed by atoms with Crippen molar-refractivity contribution < 1.29 is 4.79 Å². The molecule has 3 rings (SSSR count). The molecule has 0 bridgehead atoms. The molecule has 0 atom stereocenters. The summed E-state index contributed by atoms with van der Waals surface area (Å²) in [5, 5.41) is 14.9. The van der Waals surface area contributed by atoms with Gasteiger partial charge < -0.3 is 5.32 Å². The van der Waals surface area contributed by atoms with Gasteiger partial charge in [0.05, 0.1) is 16.5 Å². The van der Waals surface area contributed by atoms with Crippen molar-refractivity contribution in [1.82, 2.24) is 14.8 Å². The van der Waals surface area contributed by atoms with Gasteiger partial charge in [-0.25, -0.2) is 0 Å². The lowest BCUT2D eigenvalue weighted by Gasteiger charge is -2.13. The van der Waals surface area contributed by atoms with Crippen LogP contribution in [0.1, 0.15) is 31.7 Å². The highest BCUT2D eigenvalue weighted by Gasteiger charge is 2.19. The highest BCUT2D eigenvalue weighted by atomic mass is 35.5. The summed E-state index contributed by atoms with van der Waals surface area (Å²) in [5.41, 5.74) is 1.69. The zero-order valence-electron chi connectivity index (χ0n) is 15.4. The average Bonchev–Trinajstić information content (AvgIpc) is 3.28. The highest BCUT2D eigenvalue weighted by Crippen LogP contribution is 2.31. The molecule has 0 saturated carbocycles. The zero-order chi connectivity index (χ0) is 19.4. The van der Waals surface area contributed by atoms with Gasteiger partial charge in [0.25, 0.3) is 0 Å². The second kappa shape index (κ2) is 8.91. The van der Waals surface area contributed by atoms with E-state index < -0.39 is 0 Å². The number of nitrogens with one attached hydrogen (secondary N) is 1. The number of carbonyl (C=O) groups excluding carboxylic acids is 1. The molecule has 142 valence electrons. The third kappa shape index (κ3) is 4.72. The number of nitrogens with zero attached hydrogens (tertiary/aromatic N) is 3. The van der Waals surface area contributed by atoms with E-state index in [0.717, 1.165) is 23.0 Å². The lowest BCUT2D eigenvalue weighted by atomic mass is 10.2. The molecule has 0 aliphatic carbocycles. The molecule has 0 unspecified atom stereocenters. The Morgan fingerprint density at radius 2 is 2.11 bits per heavy atom. The molecule has 0 radical (unpaired) electrons. The summed E-state index contributed by atoms with van der Waals surface area (Å²) in [6.07, 6.45) is 1.00. The van der Waals surface area contributed by atoms with E-state index >= 15 is 0 Å². The summed E-state index contributed by atoms with van der Waals surface area (Å²) in [5.74, 6) is 0.951. The van der Waals surface area contributed by atoms with Gasteiger partial charge in [0.1, 0.15) is 0 Å². The lowest BCUT2D eigenvalue weighted by Crippen LogP contribution is -2.15. The lowest BCUT2D eigenvalue weighted by molar-refractivity contribution is -0.113. The van der Waals surface area contributed by atoms with Crippen molar-refractivity contribution in [1.29, 1.82) is 0 Å². The largest absolute Gasteiger partial charge is 0.324 e. The number of carbonyl (C=O) groups is 1. The fraction of sp³-hybridized carbons (Fsp3) is 0.316. The van der Waals surface area contributed by atoms with E-state index in [1.807, 2.05) is 12.1 Å². The number of thioether (sulfide) groups is 1. The van der Waals surface area contributed by atoms with E-state index in [1.165, 1.54) is 16.6 Å². The summed E-state index contributed by atoms with van der Waals surface area (Å²) in [4.78, 5) is 13.6. The zero-order valence-corrected chi connectivity index (χ0v) is 17.8. The molecule has 0 fully saturated rings. The fourth-order valence-corrected chi connectivity index (χ4v) is 4.46. The molecular weight excluding hydrogens is 400 g/mol. The minimum absolute atomic E-state index is 0.128. The van der Waals surface area contributed by atoms with Gasteiger partial charge in [-0.3, -0.25) is 9.36 Å². The van der Waals surface area contributed by atoms with Gasteiger partial charge in [-0.1, -0.05) is 42.4 Å². The van der Waals surface area contributed by atoms with Gasteiger partial charge in [-0.2, -0.15) is 0 Å². The molecule has 2 heterocycles. The Morgan fingerprint density at radius 3 is 2.78 bits per heavy atom. The number of amides is 1. The molecule has 8 heteroatoms. The number of anilines is 1. The smallest absolute Gasteiger partial charge is 0.234 e. The summed E-state index contributed by atoms with van der Waals surface area (Å²) in [6, 6.07) is 9.54. The van der Waals surface area contributed by atoms with Gasteiger partial charge in [0, 0.05) is 21.9 Å². The molecule has 27 heavy (non-hydrogen) atoms. The molecule has 0 saturated heterocycles. The summed E-state index contributed by atoms with van der Waals surface area (Å²) >= 11 is 9.19. The maximum atomic E-state index is 12.3. The molecule has 0 aliphatic heterocycles. The molecule has 1 N–H and O–H groups in total. The molecule has 1 aromatic carbocycles. The second-order valence-corrected chi connectivity index (χ2v) is 8.59. The van der Waals surface area contributed by atoms with Gasteiger partial charge in [-0.05, 0) is 38.5 Å². The molecule has 0 aliphatic rings. The van der Waals surface area contributed by atoms with Crippen LogP contribution in [0.4, 0.5) is 5.69 Å². The number of hydrogen-bond acceptors (Lipinski definition) is 5. The Bertz CT molecular complexity index is 935. The van der Waals surface area contributed by atoms with Crippen LogP contribution in [0.25, 0.3) is 11.4 Å². The second-order valence-electron chi connectivity index (χ2n) is 6.24. The van der Waals surface area contributed by atoms with Crippen LogP contribution in [-0.2, 0) is 11.2 Å². The predicted molar refractivity (Wildman–Crippen MR) is 114 cm³/mol. The summed E-state index contributed by atoms with van der Waals surface area (Å²) in [6.45, 7) is 6.32. The average molecular weight is 421 g/mol. The van der Waals surface area contributed by atoms with Crippen molar-refractivity contribution in [2.45, 2.75) is 38.4 Å². The van der Waals surface area contributed by atoms with Gasteiger partial charge in [0.15, 0.2) is 11.0 Å². The molecule has 0 spiro atoms. The Hall–Kier alpha value is -1.83. The van der Waals surface area contributed by atoms with Crippen molar-refractivity contribution in [3.8, 4) is 11.4 Å². The number of thiophene rings is 1. The number of hydrogen-bond donors (Lipinski definition) is 1. The van der Waals surface area contributed by atoms with E-state index in [1.54, 1.807) is 23.5 Å². The van der Waals surface area contributed by atoms with Crippen LogP contribution < -0.4 is 5.32 Å². The van der Waals surface area contributed by atoms with Gasteiger partial charge in [-0.15, -0.1) is 21.5 Å². The number of rotatable bonds is 7. The Labute approximate surface area is 172 Å². The van der Waals surface area contributed by atoms with Gasteiger partial charge >= 0.3 is 0 Å². The van der Waals surface area contributed by atoms with Crippen molar-refractivity contribution in [3.63, 3.8) is 0 Å². The van der Waals surface area contributed by atoms with Crippen LogP contribution >= 0.6 is 34.7 Å². The normalized spacial score (nSPS) is 11.1. The van der Waals surface area contributed by atoms with Crippen LogP contribution in [0.3, 0.4) is 0 Å². The highest BCUT2D eigenvalue weighted by molar-refractivity contribution is 7.99. The Kier molecular flexibility index (Phi) is 6.57. The number of benzene rings is 1. The molecule has 5 nitrogen and oxygen atoms in total. The molecule has 3 aromatic rings. The first-order chi connectivity index (χ1) is 13.0. The monoisotopic (exact) mass is 420 g/mol. The van der Waals surface area contributed by atoms with E-state index in [9.17, 15) is 4.79 Å². The Morgan fingerprint density at radius 1 is 1.33 bits per heavy atom. The third-order valence-corrected chi connectivity index (χ3v) is 6.28. The first-order valence-electron chi connectivity index (χ1n) is 8.69. The van der Waals surface area contributed by atoms with E-state index in [2.05, 4.69) is 52.3 Å². The van der Waals surface area contributed by atoms with Crippen LogP contribution in [-0.4, -0.2) is 26.4 Å². The van der Waals surface area contributed by atoms with Crippen LogP contribution in [0.5, 0.6) is 0 Å². The van der Waals surface area contributed by atoms with Crippen molar-refractivity contribution in [2.75, 3.05) is 11.1 Å².